The molecule has 7 heteroatoms. The third kappa shape index (κ3) is 2.66. The second-order valence-electron chi connectivity index (χ2n) is 4.45. The van der Waals surface area contributed by atoms with Crippen molar-refractivity contribution in [1.29, 1.82) is 0 Å². The molecule has 0 bridgehead atoms. The molecule has 0 spiro atoms. The number of carbonyl (C=O) groups is 1. The Balaban J connectivity index is 2.01. The van der Waals surface area contributed by atoms with Gasteiger partial charge in [0.2, 0.25) is 11.9 Å². The number of methoxy groups -OCH3 is 1. The van der Waals surface area contributed by atoms with Crippen LogP contribution < -0.4 is 10.1 Å². The average Bonchev–Trinajstić information content (AvgIpc) is 2.87. The van der Waals surface area contributed by atoms with Crippen molar-refractivity contribution in [2.75, 3.05) is 12.4 Å². The first kappa shape index (κ1) is 13.0. The van der Waals surface area contributed by atoms with Gasteiger partial charge in [0.05, 0.1) is 13.3 Å². The Morgan fingerprint density at radius 2 is 2.14 bits per heavy atom. The first-order valence-electron chi connectivity index (χ1n) is 6.29. The molecule has 106 valence electrons. The predicted octanol–water partition coefficient (Wildman–Crippen LogP) is 1.76. The van der Waals surface area contributed by atoms with Gasteiger partial charge in [0.25, 0.3) is 0 Å². The molecule has 0 aliphatic heterocycles. The molecule has 0 aliphatic rings. The molecule has 0 saturated carbocycles. The SMILES string of the molecule is COc1cncc(-c2ccc3nc(NC(C)=O)nn3c2)c1. The molecule has 0 unspecified atom stereocenters. The molecule has 0 saturated heterocycles. The van der Waals surface area contributed by atoms with E-state index >= 15 is 0 Å². The maximum Gasteiger partial charge on any atom is 0.249 e. The van der Waals surface area contributed by atoms with Gasteiger partial charge in [-0.25, -0.2) is 4.52 Å². The van der Waals surface area contributed by atoms with Gasteiger partial charge >= 0.3 is 0 Å². The summed E-state index contributed by atoms with van der Waals surface area (Å²) in [6.45, 7) is 1.42. The molecule has 0 aliphatic carbocycles. The molecule has 3 heterocycles. The smallest absolute Gasteiger partial charge is 0.249 e. The molecule has 7 nitrogen and oxygen atoms in total. The summed E-state index contributed by atoms with van der Waals surface area (Å²) in [5, 5.41) is 6.76. The normalized spacial score (nSPS) is 10.6. The molecule has 21 heavy (non-hydrogen) atoms. The molecular weight excluding hydrogens is 270 g/mol. The minimum Gasteiger partial charge on any atom is -0.495 e. The lowest BCUT2D eigenvalue weighted by Gasteiger charge is -2.04. The summed E-state index contributed by atoms with van der Waals surface area (Å²) < 4.78 is 6.78. The minimum atomic E-state index is -0.205. The zero-order valence-electron chi connectivity index (χ0n) is 11.6. The summed E-state index contributed by atoms with van der Waals surface area (Å²) >= 11 is 0. The van der Waals surface area contributed by atoms with E-state index in [4.69, 9.17) is 4.74 Å². The number of nitrogens with zero attached hydrogens (tertiary/aromatic N) is 4. The molecule has 1 amide bonds. The quantitative estimate of drug-likeness (QED) is 0.792. The van der Waals surface area contributed by atoms with Crippen molar-refractivity contribution in [3.05, 3.63) is 36.8 Å². The van der Waals surface area contributed by atoms with E-state index in [1.165, 1.54) is 6.92 Å². The predicted molar refractivity (Wildman–Crippen MR) is 77.1 cm³/mol. The van der Waals surface area contributed by atoms with Crippen molar-refractivity contribution in [3.8, 4) is 16.9 Å². The molecule has 0 aromatic carbocycles. The number of rotatable bonds is 3. The van der Waals surface area contributed by atoms with Crippen molar-refractivity contribution in [2.24, 2.45) is 0 Å². The van der Waals surface area contributed by atoms with Crippen LogP contribution in [0.2, 0.25) is 0 Å². The van der Waals surface area contributed by atoms with Crippen molar-refractivity contribution >= 4 is 17.5 Å². The summed E-state index contributed by atoms with van der Waals surface area (Å²) in [6, 6.07) is 5.63. The van der Waals surface area contributed by atoms with Gasteiger partial charge in [-0.2, -0.15) is 4.98 Å². The zero-order valence-corrected chi connectivity index (χ0v) is 11.6. The first-order chi connectivity index (χ1) is 10.2. The minimum absolute atomic E-state index is 0.205. The van der Waals surface area contributed by atoms with Crippen LogP contribution in [0.1, 0.15) is 6.92 Å². The summed E-state index contributed by atoms with van der Waals surface area (Å²) in [5.74, 6) is 0.761. The Morgan fingerprint density at radius 3 is 2.90 bits per heavy atom. The fourth-order valence-electron chi connectivity index (χ4n) is 1.95. The number of hydrogen-bond acceptors (Lipinski definition) is 5. The van der Waals surface area contributed by atoms with Crippen molar-refractivity contribution < 1.29 is 9.53 Å². The lowest BCUT2D eigenvalue weighted by molar-refractivity contribution is -0.114. The highest BCUT2D eigenvalue weighted by atomic mass is 16.5. The van der Waals surface area contributed by atoms with E-state index in [2.05, 4.69) is 20.4 Å². The van der Waals surface area contributed by atoms with Gasteiger partial charge in [0, 0.05) is 30.4 Å². The summed E-state index contributed by atoms with van der Waals surface area (Å²) in [7, 11) is 1.60. The van der Waals surface area contributed by atoms with Gasteiger partial charge in [0.1, 0.15) is 5.75 Å². The van der Waals surface area contributed by atoms with Crippen LogP contribution in [0.15, 0.2) is 36.8 Å². The Labute approximate surface area is 120 Å². The summed E-state index contributed by atoms with van der Waals surface area (Å²) in [4.78, 5) is 19.4. The van der Waals surface area contributed by atoms with Gasteiger partial charge in [-0.1, -0.05) is 0 Å². The third-order valence-electron chi connectivity index (χ3n) is 2.90. The number of fused-ring (bicyclic) bond motifs is 1. The highest BCUT2D eigenvalue weighted by Gasteiger charge is 2.07. The number of anilines is 1. The standard InChI is InChI=1S/C14H13N5O2/c1-9(20)16-14-17-13-4-3-10(8-19(13)18-14)11-5-12(21-2)7-15-6-11/h3-8H,1-2H3,(H,16,18,20). The number of pyridine rings is 2. The molecule has 0 radical (unpaired) electrons. The number of amides is 1. The molecule has 0 atom stereocenters. The van der Waals surface area contributed by atoms with Gasteiger partial charge in [-0.3, -0.25) is 15.1 Å². The first-order valence-corrected chi connectivity index (χ1v) is 6.29. The van der Waals surface area contributed by atoms with Crippen LogP contribution in [0.3, 0.4) is 0 Å². The van der Waals surface area contributed by atoms with E-state index in [9.17, 15) is 4.79 Å². The molecule has 3 aromatic heterocycles. The summed E-state index contributed by atoms with van der Waals surface area (Å²) in [6.07, 6.45) is 5.21. The Bertz CT molecular complexity index is 812. The highest BCUT2D eigenvalue weighted by Crippen LogP contribution is 2.22. The van der Waals surface area contributed by atoms with E-state index in [1.807, 2.05) is 24.4 Å². The van der Waals surface area contributed by atoms with Gasteiger partial charge in [-0.15, -0.1) is 5.10 Å². The van der Waals surface area contributed by atoms with Crippen molar-refractivity contribution in [2.45, 2.75) is 6.92 Å². The Hall–Kier alpha value is -2.96. The number of nitrogens with one attached hydrogen (secondary N) is 1. The van der Waals surface area contributed by atoms with Crippen LogP contribution in [0.4, 0.5) is 5.95 Å². The lowest BCUT2D eigenvalue weighted by atomic mass is 10.1. The van der Waals surface area contributed by atoms with Gasteiger partial charge < -0.3 is 4.74 Å². The second-order valence-corrected chi connectivity index (χ2v) is 4.45. The van der Waals surface area contributed by atoms with Crippen molar-refractivity contribution in [1.82, 2.24) is 19.6 Å². The molecule has 3 aromatic rings. The number of ether oxygens (including phenoxy) is 1. The maximum atomic E-state index is 11.0. The van der Waals surface area contributed by atoms with E-state index in [0.717, 1.165) is 11.1 Å². The van der Waals surface area contributed by atoms with Crippen LogP contribution >= 0.6 is 0 Å². The largest absolute Gasteiger partial charge is 0.495 e. The second kappa shape index (κ2) is 5.20. The molecule has 0 fully saturated rings. The molecule has 1 N–H and O–H groups in total. The maximum absolute atomic E-state index is 11.0. The van der Waals surface area contributed by atoms with E-state index in [-0.39, 0.29) is 11.9 Å². The molecule has 3 rings (SSSR count). The highest BCUT2D eigenvalue weighted by molar-refractivity contribution is 5.86. The van der Waals surface area contributed by atoms with Crippen LogP contribution in [0.5, 0.6) is 5.75 Å². The van der Waals surface area contributed by atoms with E-state index < -0.39 is 0 Å². The number of hydrogen-bond donors (Lipinski definition) is 1. The van der Waals surface area contributed by atoms with E-state index in [1.54, 1.807) is 24.0 Å². The van der Waals surface area contributed by atoms with Gasteiger partial charge in [0.15, 0.2) is 5.65 Å². The topological polar surface area (TPSA) is 81.4 Å². The van der Waals surface area contributed by atoms with Crippen LogP contribution in [0.25, 0.3) is 16.8 Å². The van der Waals surface area contributed by atoms with Crippen LogP contribution in [0, 0.1) is 0 Å². The van der Waals surface area contributed by atoms with Crippen LogP contribution in [-0.2, 0) is 4.79 Å². The van der Waals surface area contributed by atoms with Gasteiger partial charge in [-0.05, 0) is 18.2 Å². The Kier molecular flexibility index (Phi) is 3.23. The average molecular weight is 283 g/mol. The fraction of sp³-hybridized carbons (Fsp3) is 0.143. The van der Waals surface area contributed by atoms with E-state index in [0.29, 0.717) is 11.4 Å². The molecular formula is C14H13N5O2. The monoisotopic (exact) mass is 283 g/mol. The fourth-order valence-corrected chi connectivity index (χ4v) is 1.95. The number of aromatic nitrogens is 4. The van der Waals surface area contributed by atoms with Crippen LogP contribution in [-0.4, -0.2) is 32.6 Å². The third-order valence-corrected chi connectivity index (χ3v) is 2.90. The zero-order chi connectivity index (χ0) is 14.8. The summed E-state index contributed by atoms with van der Waals surface area (Å²) in [5.41, 5.74) is 2.49. The Morgan fingerprint density at radius 1 is 1.29 bits per heavy atom. The number of carbonyl (C=O) groups excluding carboxylic acids is 1. The lowest BCUT2D eigenvalue weighted by Crippen LogP contribution is -2.07. The van der Waals surface area contributed by atoms with Crippen molar-refractivity contribution in [3.63, 3.8) is 0 Å².